The van der Waals surface area contributed by atoms with Gasteiger partial charge < -0.3 is 4.90 Å². The number of hydrogen-bond acceptors (Lipinski definition) is 5. The van der Waals surface area contributed by atoms with Crippen LogP contribution in [0.4, 0.5) is 0 Å². The summed E-state index contributed by atoms with van der Waals surface area (Å²) < 4.78 is 28.1. The monoisotopic (exact) mass is 358 g/mol. The van der Waals surface area contributed by atoms with E-state index in [0.717, 1.165) is 18.5 Å². The standard InChI is InChI=1S/C14H22N4O3S2/c1-3-16(2)23(20,21)17-6-11-4-5-13(8-17)18(14(11)19)7-12-9-22-10-15-12/h9-11,13H,3-8H2,1-2H3/t11-,13+/m0/s1. The van der Waals surface area contributed by atoms with Crippen LogP contribution in [-0.4, -0.2) is 65.5 Å². The lowest BCUT2D eigenvalue weighted by molar-refractivity contribution is -0.140. The van der Waals surface area contributed by atoms with Crippen molar-refractivity contribution >= 4 is 27.5 Å². The maximum Gasteiger partial charge on any atom is 0.281 e. The molecular formula is C14H22N4O3S2. The highest BCUT2D eigenvalue weighted by molar-refractivity contribution is 7.86. The Morgan fingerprint density at radius 3 is 2.83 bits per heavy atom. The van der Waals surface area contributed by atoms with Crippen LogP contribution in [0.2, 0.25) is 0 Å². The zero-order chi connectivity index (χ0) is 16.6. The minimum Gasteiger partial charge on any atom is -0.332 e. The normalized spacial score (nSPS) is 26.0. The number of thiazole rings is 1. The lowest BCUT2D eigenvalue weighted by Crippen LogP contribution is -2.48. The summed E-state index contributed by atoms with van der Waals surface area (Å²) in [5, 5.41) is 1.94. The van der Waals surface area contributed by atoms with Gasteiger partial charge >= 0.3 is 0 Å². The highest BCUT2D eigenvalue weighted by Crippen LogP contribution is 2.31. The Labute approximate surface area is 141 Å². The number of aromatic nitrogens is 1. The van der Waals surface area contributed by atoms with Crippen LogP contribution in [0.5, 0.6) is 0 Å². The summed E-state index contributed by atoms with van der Waals surface area (Å²) in [7, 11) is -1.92. The second-order valence-corrected chi connectivity index (χ2v) is 8.87. The van der Waals surface area contributed by atoms with Crippen LogP contribution in [0.15, 0.2) is 10.9 Å². The SMILES string of the molecule is CCN(C)S(=O)(=O)N1C[C@@H]2CC[C@H](C1)N(Cc1cscn1)C2=O. The van der Waals surface area contributed by atoms with Gasteiger partial charge in [0.2, 0.25) is 5.91 Å². The van der Waals surface area contributed by atoms with E-state index in [-0.39, 0.29) is 24.4 Å². The highest BCUT2D eigenvalue weighted by Gasteiger charge is 2.44. The molecule has 3 aliphatic heterocycles. The molecule has 1 aromatic rings. The fourth-order valence-electron chi connectivity index (χ4n) is 3.25. The smallest absolute Gasteiger partial charge is 0.281 e. The molecule has 0 N–H and O–H groups in total. The van der Waals surface area contributed by atoms with Gasteiger partial charge in [-0.25, -0.2) is 4.98 Å². The Bertz CT molecular complexity index is 662. The number of amides is 1. The molecule has 3 aliphatic rings. The molecule has 3 fully saturated rings. The van der Waals surface area contributed by atoms with Gasteiger partial charge in [0.1, 0.15) is 0 Å². The Morgan fingerprint density at radius 1 is 1.39 bits per heavy atom. The van der Waals surface area contributed by atoms with Crippen LogP contribution in [0.3, 0.4) is 0 Å². The molecule has 4 heterocycles. The molecule has 2 bridgehead atoms. The molecule has 7 nitrogen and oxygen atoms in total. The van der Waals surface area contributed by atoms with E-state index in [1.807, 2.05) is 17.2 Å². The molecule has 0 unspecified atom stereocenters. The molecule has 23 heavy (non-hydrogen) atoms. The number of nitrogens with zero attached hydrogens (tertiary/aromatic N) is 4. The van der Waals surface area contributed by atoms with Crippen molar-refractivity contribution in [3.63, 3.8) is 0 Å². The molecule has 128 valence electrons. The fourth-order valence-corrected chi connectivity index (χ4v) is 5.25. The average molecular weight is 358 g/mol. The molecule has 4 rings (SSSR count). The second-order valence-electron chi connectivity index (χ2n) is 6.11. The first-order chi connectivity index (χ1) is 10.9. The second kappa shape index (κ2) is 6.46. The largest absolute Gasteiger partial charge is 0.332 e. The molecule has 0 spiro atoms. The maximum atomic E-state index is 12.7. The van der Waals surface area contributed by atoms with E-state index in [2.05, 4.69) is 4.98 Å². The van der Waals surface area contributed by atoms with E-state index < -0.39 is 10.2 Å². The minimum absolute atomic E-state index is 0.0612. The van der Waals surface area contributed by atoms with Crippen molar-refractivity contribution in [2.45, 2.75) is 32.4 Å². The predicted molar refractivity (Wildman–Crippen MR) is 88.0 cm³/mol. The number of carbonyl (C=O) groups is 1. The van der Waals surface area contributed by atoms with E-state index >= 15 is 0 Å². The quantitative estimate of drug-likeness (QED) is 0.779. The van der Waals surface area contributed by atoms with Crippen molar-refractivity contribution in [2.24, 2.45) is 5.92 Å². The van der Waals surface area contributed by atoms with Crippen LogP contribution in [0.25, 0.3) is 0 Å². The first-order valence-electron chi connectivity index (χ1n) is 7.82. The topological polar surface area (TPSA) is 73.8 Å². The van der Waals surface area contributed by atoms with E-state index in [1.54, 1.807) is 12.6 Å². The third-order valence-electron chi connectivity index (χ3n) is 4.74. The molecule has 1 aromatic heterocycles. The Kier molecular flexibility index (Phi) is 4.73. The van der Waals surface area contributed by atoms with Crippen LogP contribution < -0.4 is 0 Å². The van der Waals surface area contributed by atoms with Crippen molar-refractivity contribution in [3.8, 4) is 0 Å². The van der Waals surface area contributed by atoms with Gasteiger partial charge in [-0.3, -0.25) is 4.79 Å². The van der Waals surface area contributed by atoms with Gasteiger partial charge in [0.25, 0.3) is 10.2 Å². The summed E-state index contributed by atoms with van der Waals surface area (Å²) in [5.74, 6) is -0.182. The van der Waals surface area contributed by atoms with Crippen molar-refractivity contribution in [1.29, 1.82) is 0 Å². The van der Waals surface area contributed by atoms with E-state index in [1.165, 1.54) is 19.9 Å². The lowest BCUT2D eigenvalue weighted by atomic mass is 9.94. The Morgan fingerprint density at radius 2 is 2.17 bits per heavy atom. The highest BCUT2D eigenvalue weighted by atomic mass is 32.2. The number of carbonyl (C=O) groups excluding carboxylic acids is 1. The number of piperidine rings is 1. The molecule has 0 radical (unpaired) electrons. The van der Waals surface area contributed by atoms with Gasteiger partial charge in [0.05, 0.1) is 23.7 Å². The van der Waals surface area contributed by atoms with Crippen LogP contribution >= 0.6 is 11.3 Å². The van der Waals surface area contributed by atoms with Gasteiger partial charge in [0, 0.05) is 38.1 Å². The van der Waals surface area contributed by atoms with Gasteiger partial charge in [-0.15, -0.1) is 11.3 Å². The van der Waals surface area contributed by atoms with E-state index in [0.29, 0.717) is 19.6 Å². The molecular weight excluding hydrogens is 336 g/mol. The molecule has 2 atom stereocenters. The zero-order valence-corrected chi connectivity index (χ0v) is 15.0. The van der Waals surface area contributed by atoms with E-state index in [4.69, 9.17) is 0 Å². The number of rotatable bonds is 5. The molecule has 9 heteroatoms. The van der Waals surface area contributed by atoms with Crippen molar-refractivity contribution < 1.29 is 13.2 Å². The predicted octanol–water partition coefficient (Wildman–Crippen LogP) is 0.762. The summed E-state index contributed by atoms with van der Waals surface area (Å²) in [4.78, 5) is 18.8. The Balaban J connectivity index is 1.83. The van der Waals surface area contributed by atoms with E-state index in [9.17, 15) is 13.2 Å². The summed E-state index contributed by atoms with van der Waals surface area (Å²) >= 11 is 1.50. The third-order valence-corrected chi connectivity index (χ3v) is 7.37. The number of hydrogen-bond donors (Lipinski definition) is 0. The minimum atomic E-state index is -3.50. The molecule has 3 saturated heterocycles. The summed E-state index contributed by atoms with van der Waals surface area (Å²) in [6.07, 6.45) is 1.61. The zero-order valence-electron chi connectivity index (χ0n) is 13.4. The van der Waals surface area contributed by atoms with Crippen molar-refractivity contribution in [1.82, 2.24) is 18.5 Å². The lowest BCUT2D eigenvalue weighted by Gasteiger charge is -2.35. The Hall–Kier alpha value is -1.03. The van der Waals surface area contributed by atoms with Gasteiger partial charge in [-0.1, -0.05) is 6.92 Å². The van der Waals surface area contributed by atoms with Gasteiger partial charge in [-0.05, 0) is 12.8 Å². The first-order valence-corrected chi connectivity index (χ1v) is 10.2. The summed E-state index contributed by atoms with van der Waals surface area (Å²) in [6.45, 7) is 3.37. The molecule has 0 aromatic carbocycles. The summed E-state index contributed by atoms with van der Waals surface area (Å²) in [5.41, 5.74) is 2.62. The molecule has 0 saturated carbocycles. The molecule has 0 aliphatic carbocycles. The average Bonchev–Trinajstić information content (AvgIpc) is 2.89. The van der Waals surface area contributed by atoms with Crippen LogP contribution in [0, 0.1) is 5.92 Å². The fraction of sp³-hybridized carbons (Fsp3) is 0.714. The van der Waals surface area contributed by atoms with Crippen LogP contribution in [-0.2, 0) is 21.5 Å². The first kappa shape index (κ1) is 16.8. The molecule has 1 amide bonds. The third kappa shape index (κ3) is 3.15. The van der Waals surface area contributed by atoms with Gasteiger partial charge in [-0.2, -0.15) is 17.0 Å². The number of fused-ring (bicyclic) bond motifs is 4. The maximum absolute atomic E-state index is 12.7. The van der Waals surface area contributed by atoms with Crippen LogP contribution in [0.1, 0.15) is 25.5 Å². The van der Waals surface area contributed by atoms with Gasteiger partial charge in [0.15, 0.2) is 0 Å². The van der Waals surface area contributed by atoms with Crippen molar-refractivity contribution in [2.75, 3.05) is 26.7 Å². The van der Waals surface area contributed by atoms with Crippen molar-refractivity contribution in [3.05, 3.63) is 16.6 Å². The summed E-state index contributed by atoms with van der Waals surface area (Å²) in [6, 6.07) is -0.0667.